The van der Waals surface area contributed by atoms with E-state index >= 15 is 0 Å². The van der Waals surface area contributed by atoms with Gasteiger partial charge in [0.1, 0.15) is 12.2 Å². The molecule has 0 aliphatic carbocycles. The largest absolute Gasteiger partial charge is 0.394 e. The third kappa shape index (κ3) is 2.01. The number of aliphatic hydroxyl groups is 2. The van der Waals surface area contributed by atoms with Crippen LogP contribution < -0.4 is 11.3 Å². The number of aromatic amines is 1. The van der Waals surface area contributed by atoms with Crippen LogP contribution in [0, 0.1) is 0 Å². The zero-order chi connectivity index (χ0) is 15.4. The van der Waals surface area contributed by atoms with Crippen molar-refractivity contribution in [1.29, 1.82) is 0 Å². The van der Waals surface area contributed by atoms with Gasteiger partial charge in [0, 0.05) is 6.20 Å². The molecule has 3 heterocycles. The lowest BCUT2D eigenvalue weighted by Crippen LogP contribution is -2.38. The van der Waals surface area contributed by atoms with Crippen molar-refractivity contribution < 1.29 is 19.3 Å². The van der Waals surface area contributed by atoms with Crippen molar-refractivity contribution in [1.82, 2.24) is 14.5 Å². The molecule has 0 spiro atoms. The predicted molar refractivity (Wildman–Crippen MR) is 71.5 cm³/mol. The lowest BCUT2D eigenvalue weighted by atomic mass is 10.1. The summed E-state index contributed by atoms with van der Waals surface area (Å²) in [5.41, 5.74) is 5.03. The zero-order valence-corrected chi connectivity index (χ0v) is 11.3. The molecule has 0 aromatic carbocycles. The number of H-pyrrole nitrogens is 1. The van der Waals surface area contributed by atoms with Crippen LogP contribution in [-0.2, 0) is 4.74 Å². The van der Waals surface area contributed by atoms with Crippen LogP contribution in [-0.4, -0.2) is 48.7 Å². The van der Waals surface area contributed by atoms with Crippen LogP contribution in [0.2, 0.25) is 0 Å². The van der Waals surface area contributed by atoms with E-state index < -0.39 is 35.7 Å². The number of aromatic nitrogens is 3. The summed E-state index contributed by atoms with van der Waals surface area (Å²) in [7, 11) is 0. The molecule has 1 saturated heterocycles. The normalized spacial score (nSPS) is 32.9. The number of fused-ring (bicyclic) bond motifs is 1. The predicted octanol–water partition coefficient (Wildman–Crippen LogP) is -0.538. The van der Waals surface area contributed by atoms with E-state index in [2.05, 4.69) is 9.97 Å². The molecule has 10 heteroatoms. The van der Waals surface area contributed by atoms with E-state index in [1.807, 2.05) is 0 Å². The second-order valence-electron chi connectivity index (χ2n) is 4.74. The summed E-state index contributed by atoms with van der Waals surface area (Å²) in [6.07, 6.45) is -3.03. The van der Waals surface area contributed by atoms with Gasteiger partial charge in [-0.25, -0.2) is 4.39 Å². The molecule has 3 rings (SSSR count). The van der Waals surface area contributed by atoms with E-state index in [-0.39, 0.29) is 17.0 Å². The standard InChI is InChI=1S/C11H12ClFN4O4/c12-11(13)6(19)5(3-18)21-9(11)17-2-1-4-7(17)15-10(14)16-8(4)20/h1-2,5-6,9,18-19H,3H2,(H3,14,15,16,20)/t5-,6?,9-,11-/m1/s1. The third-order valence-corrected chi connectivity index (χ3v) is 3.82. The minimum Gasteiger partial charge on any atom is -0.394 e. The van der Waals surface area contributed by atoms with Gasteiger partial charge in [0.15, 0.2) is 11.9 Å². The maximum Gasteiger partial charge on any atom is 0.261 e. The molecule has 1 aliphatic heterocycles. The average molecular weight is 319 g/mol. The fourth-order valence-corrected chi connectivity index (χ4v) is 2.66. The number of halogens is 2. The van der Waals surface area contributed by atoms with Crippen LogP contribution in [0.4, 0.5) is 10.3 Å². The lowest BCUT2D eigenvalue weighted by molar-refractivity contribution is -0.0479. The molecule has 0 bridgehead atoms. The Kier molecular flexibility index (Phi) is 3.17. The number of nitrogens with two attached hydrogens (primary N) is 1. The molecular weight excluding hydrogens is 307 g/mol. The van der Waals surface area contributed by atoms with Crippen LogP contribution in [0.15, 0.2) is 17.1 Å². The van der Waals surface area contributed by atoms with E-state index in [0.29, 0.717) is 0 Å². The first kappa shape index (κ1) is 14.3. The summed E-state index contributed by atoms with van der Waals surface area (Å²) in [6, 6.07) is 1.40. The van der Waals surface area contributed by atoms with E-state index in [0.717, 1.165) is 4.57 Å². The number of ether oxygens (including phenoxy) is 1. The molecule has 21 heavy (non-hydrogen) atoms. The summed E-state index contributed by atoms with van der Waals surface area (Å²) in [6.45, 7) is -0.606. The Morgan fingerprint density at radius 2 is 2.38 bits per heavy atom. The number of alkyl halides is 2. The number of nitrogens with one attached hydrogen (secondary N) is 1. The van der Waals surface area contributed by atoms with Gasteiger partial charge in [0.05, 0.1) is 12.0 Å². The number of aliphatic hydroxyl groups excluding tert-OH is 2. The molecule has 2 aromatic rings. The van der Waals surface area contributed by atoms with Crippen LogP contribution in [0.1, 0.15) is 6.23 Å². The van der Waals surface area contributed by atoms with Crippen LogP contribution in [0.25, 0.3) is 11.0 Å². The zero-order valence-electron chi connectivity index (χ0n) is 10.5. The third-order valence-electron chi connectivity index (χ3n) is 3.41. The van der Waals surface area contributed by atoms with Gasteiger partial charge >= 0.3 is 0 Å². The highest BCUT2D eigenvalue weighted by Crippen LogP contribution is 2.45. The summed E-state index contributed by atoms with van der Waals surface area (Å²) in [5.74, 6) is -0.149. The van der Waals surface area contributed by atoms with Crippen molar-refractivity contribution in [2.75, 3.05) is 12.3 Å². The molecule has 0 saturated carbocycles. The number of nitrogens with zero attached hydrogens (tertiary/aromatic N) is 2. The molecule has 1 unspecified atom stereocenters. The van der Waals surface area contributed by atoms with Crippen LogP contribution >= 0.6 is 11.6 Å². The lowest BCUT2D eigenvalue weighted by Gasteiger charge is -2.22. The minimum absolute atomic E-state index is 0.0646. The Balaban J connectivity index is 2.15. The topological polar surface area (TPSA) is 126 Å². The van der Waals surface area contributed by atoms with E-state index in [9.17, 15) is 14.3 Å². The van der Waals surface area contributed by atoms with Gasteiger partial charge in [-0.2, -0.15) is 4.98 Å². The summed E-state index contributed by atoms with van der Waals surface area (Å²) >= 11 is 5.71. The van der Waals surface area contributed by atoms with Crippen molar-refractivity contribution in [2.45, 2.75) is 23.6 Å². The van der Waals surface area contributed by atoms with Crippen molar-refractivity contribution in [3.05, 3.63) is 22.6 Å². The van der Waals surface area contributed by atoms with E-state index in [1.54, 1.807) is 0 Å². The molecule has 8 nitrogen and oxygen atoms in total. The Morgan fingerprint density at radius 3 is 3.00 bits per heavy atom. The Morgan fingerprint density at radius 1 is 1.67 bits per heavy atom. The maximum atomic E-state index is 14.5. The number of hydrogen-bond donors (Lipinski definition) is 4. The second-order valence-corrected chi connectivity index (χ2v) is 5.32. The van der Waals surface area contributed by atoms with Gasteiger partial charge in [-0.05, 0) is 6.07 Å². The number of hydrogen-bond acceptors (Lipinski definition) is 6. The van der Waals surface area contributed by atoms with Crippen molar-refractivity contribution in [2.24, 2.45) is 0 Å². The fraction of sp³-hybridized carbons (Fsp3) is 0.455. The molecule has 0 amide bonds. The van der Waals surface area contributed by atoms with Gasteiger partial charge in [0.2, 0.25) is 5.95 Å². The molecule has 1 fully saturated rings. The Hall–Kier alpha value is -1.68. The molecule has 4 atom stereocenters. The molecular formula is C11H12ClFN4O4. The first-order valence-corrected chi connectivity index (χ1v) is 6.42. The molecule has 0 radical (unpaired) electrons. The first-order valence-electron chi connectivity index (χ1n) is 6.04. The van der Waals surface area contributed by atoms with Crippen molar-refractivity contribution in [3.8, 4) is 0 Å². The van der Waals surface area contributed by atoms with Gasteiger partial charge in [-0.1, -0.05) is 11.6 Å². The Bertz CT molecular complexity index is 745. The second kappa shape index (κ2) is 4.67. The highest BCUT2D eigenvalue weighted by atomic mass is 35.5. The number of nitrogen functional groups attached to an aromatic ring is 1. The van der Waals surface area contributed by atoms with Crippen LogP contribution in [0.5, 0.6) is 0 Å². The van der Waals surface area contributed by atoms with Gasteiger partial charge in [-0.3, -0.25) is 9.78 Å². The molecule has 5 N–H and O–H groups in total. The fourth-order valence-electron chi connectivity index (χ4n) is 2.37. The highest BCUT2D eigenvalue weighted by Gasteiger charge is 2.57. The number of rotatable bonds is 2. The van der Waals surface area contributed by atoms with E-state index in [4.69, 9.17) is 27.2 Å². The molecule has 114 valence electrons. The van der Waals surface area contributed by atoms with E-state index in [1.165, 1.54) is 12.3 Å². The quantitative estimate of drug-likeness (QED) is 0.551. The maximum absolute atomic E-state index is 14.5. The molecule has 2 aromatic heterocycles. The SMILES string of the molecule is Nc1nc2c(ccn2[C@@H]2O[C@H](CO)C(O)[C@]2(F)Cl)c(=O)[nH]1. The van der Waals surface area contributed by atoms with Crippen LogP contribution in [0.3, 0.4) is 0 Å². The smallest absolute Gasteiger partial charge is 0.261 e. The monoisotopic (exact) mass is 318 g/mol. The summed E-state index contributed by atoms with van der Waals surface area (Å²) in [4.78, 5) is 18.0. The summed E-state index contributed by atoms with van der Waals surface area (Å²) in [5, 5.41) is 16.3. The average Bonchev–Trinajstić information content (AvgIpc) is 2.91. The number of anilines is 1. The van der Waals surface area contributed by atoms with Gasteiger partial charge in [-0.15, -0.1) is 0 Å². The van der Waals surface area contributed by atoms with Crippen molar-refractivity contribution in [3.63, 3.8) is 0 Å². The molecule has 1 aliphatic rings. The summed E-state index contributed by atoms with van der Waals surface area (Å²) < 4.78 is 20.9. The first-order chi connectivity index (χ1) is 9.86. The highest BCUT2D eigenvalue weighted by molar-refractivity contribution is 6.23. The van der Waals surface area contributed by atoms with Gasteiger partial charge in [0.25, 0.3) is 10.7 Å². The van der Waals surface area contributed by atoms with Crippen molar-refractivity contribution >= 4 is 28.6 Å². The Labute approximate surface area is 121 Å². The van der Waals surface area contributed by atoms with Gasteiger partial charge < -0.3 is 25.3 Å². The minimum atomic E-state index is -2.68.